The van der Waals surface area contributed by atoms with Gasteiger partial charge in [0.1, 0.15) is 18.3 Å². The maximum Gasteiger partial charge on any atom is 0.255 e. The van der Waals surface area contributed by atoms with Crippen molar-refractivity contribution in [1.82, 2.24) is 5.32 Å². The van der Waals surface area contributed by atoms with Gasteiger partial charge in [0.15, 0.2) is 0 Å². The van der Waals surface area contributed by atoms with Gasteiger partial charge in [-0.1, -0.05) is 15.9 Å². The predicted octanol–water partition coefficient (Wildman–Crippen LogP) is 2.65. The second kappa shape index (κ2) is 8.59. The summed E-state index contributed by atoms with van der Waals surface area (Å²) in [4.78, 5) is 22.0. The number of hydrogen-bond donors (Lipinski definition) is 2. The molecule has 6 nitrogen and oxygen atoms in total. The van der Waals surface area contributed by atoms with Crippen LogP contribution in [-0.2, 0) is 9.78 Å². The average Bonchev–Trinajstić information content (AvgIpc) is 2.56. The van der Waals surface area contributed by atoms with Crippen LogP contribution in [-0.4, -0.2) is 25.6 Å². The van der Waals surface area contributed by atoms with Crippen molar-refractivity contribution in [3.05, 3.63) is 52.4 Å². The van der Waals surface area contributed by atoms with Crippen LogP contribution in [0.25, 0.3) is 0 Å². The van der Waals surface area contributed by atoms with Crippen molar-refractivity contribution < 1.29 is 19.3 Å². The zero-order valence-electron chi connectivity index (χ0n) is 12.8. The summed E-state index contributed by atoms with van der Waals surface area (Å²) in [7, 11) is 1.53. The van der Waals surface area contributed by atoms with E-state index in [0.717, 1.165) is 10.0 Å². The Hall–Kier alpha value is -1.99. The molecule has 1 heterocycles. The van der Waals surface area contributed by atoms with Crippen molar-refractivity contribution in [2.24, 2.45) is 5.73 Å². The fourth-order valence-electron chi connectivity index (χ4n) is 2.22. The second-order valence-corrected chi connectivity index (χ2v) is 5.90. The molecule has 0 fully saturated rings. The minimum atomic E-state index is -0.209. The Balaban J connectivity index is 2.09. The summed E-state index contributed by atoms with van der Waals surface area (Å²) in [5.74, 6) is 0.310. The molecule has 0 radical (unpaired) electrons. The van der Waals surface area contributed by atoms with Crippen LogP contribution in [0.2, 0.25) is 0 Å². The number of hydrogen-bond acceptors (Lipinski definition) is 5. The van der Waals surface area contributed by atoms with Crippen molar-refractivity contribution >= 4 is 21.8 Å². The Morgan fingerprint density at radius 3 is 2.91 bits per heavy atom. The molecule has 23 heavy (non-hydrogen) atoms. The maximum atomic E-state index is 12.6. The molecule has 1 aromatic rings. The molecular weight excluding hydrogens is 364 g/mol. The lowest BCUT2D eigenvalue weighted by Gasteiger charge is -2.20. The van der Waals surface area contributed by atoms with Crippen LogP contribution in [0.5, 0.6) is 5.75 Å². The Bertz CT molecular complexity index is 616. The van der Waals surface area contributed by atoms with E-state index in [-0.39, 0.29) is 11.9 Å². The van der Waals surface area contributed by atoms with E-state index in [1.165, 1.54) is 19.6 Å². The Morgan fingerprint density at radius 1 is 1.43 bits per heavy atom. The van der Waals surface area contributed by atoms with Gasteiger partial charge in [-0.15, -0.1) is 0 Å². The van der Waals surface area contributed by atoms with Gasteiger partial charge in [-0.25, -0.2) is 0 Å². The first-order valence-corrected chi connectivity index (χ1v) is 7.95. The lowest BCUT2D eigenvalue weighted by molar-refractivity contribution is -0.199. The third-order valence-corrected chi connectivity index (χ3v) is 3.82. The lowest BCUT2D eigenvalue weighted by Crippen LogP contribution is -2.37. The molecule has 0 unspecified atom stereocenters. The highest BCUT2D eigenvalue weighted by molar-refractivity contribution is 9.10. The summed E-state index contributed by atoms with van der Waals surface area (Å²) in [6, 6.07) is 5.18. The number of halogens is 1. The largest absolute Gasteiger partial charge is 0.496 e. The zero-order valence-corrected chi connectivity index (χ0v) is 14.3. The van der Waals surface area contributed by atoms with Gasteiger partial charge in [-0.3, -0.25) is 14.6 Å². The van der Waals surface area contributed by atoms with Gasteiger partial charge in [0.2, 0.25) is 0 Å². The number of nitrogens with two attached hydrogens (primary N) is 1. The van der Waals surface area contributed by atoms with Gasteiger partial charge in [0, 0.05) is 10.5 Å². The standard InChI is InChI=1S/C16H19BrN2O4/c1-21-15-3-2-12(17)9-14(15)16(20)19-13(4-6-18)8-11-5-7-22-23-10-11/h2-3,5,7,9-10,13H,4,6,8,18H2,1H3,(H,19,20)/t13-/m1/s1. The van der Waals surface area contributed by atoms with Gasteiger partial charge in [-0.2, -0.15) is 0 Å². The summed E-state index contributed by atoms with van der Waals surface area (Å²) in [6.07, 6.45) is 6.00. The topological polar surface area (TPSA) is 82.8 Å². The third kappa shape index (κ3) is 5.01. The second-order valence-electron chi connectivity index (χ2n) is 4.98. The number of carbonyl (C=O) groups excluding carboxylic acids is 1. The number of nitrogens with one attached hydrogen (secondary N) is 1. The molecule has 0 saturated heterocycles. The zero-order chi connectivity index (χ0) is 16.7. The normalized spacial score (nSPS) is 14.3. The van der Waals surface area contributed by atoms with Crippen molar-refractivity contribution in [1.29, 1.82) is 0 Å². The number of ether oxygens (including phenoxy) is 1. The predicted molar refractivity (Wildman–Crippen MR) is 89.6 cm³/mol. The Morgan fingerprint density at radius 2 is 2.26 bits per heavy atom. The Labute approximate surface area is 143 Å². The van der Waals surface area contributed by atoms with Crippen LogP contribution in [0.15, 0.2) is 46.8 Å². The van der Waals surface area contributed by atoms with Crippen LogP contribution in [0.3, 0.4) is 0 Å². The molecule has 3 N–H and O–H groups in total. The number of methoxy groups -OCH3 is 1. The van der Waals surface area contributed by atoms with E-state index in [4.69, 9.17) is 15.4 Å². The molecule has 2 rings (SSSR count). The number of carbonyl (C=O) groups is 1. The molecule has 1 aliphatic heterocycles. The van der Waals surface area contributed by atoms with Crippen molar-refractivity contribution in [3.8, 4) is 5.75 Å². The average molecular weight is 383 g/mol. The van der Waals surface area contributed by atoms with E-state index in [2.05, 4.69) is 26.1 Å². The highest BCUT2D eigenvalue weighted by Gasteiger charge is 2.18. The van der Waals surface area contributed by atoms with Crippen molar-refractivity contribution in [3.63, 3.8) is 0 Å². The number of benzene rings is 1. The minimum Gasteiger partial charge on any atom is -0.496 e. The number of allylic oxidation sites excluding steroid dienone is 1. The van der Waals surface area contributed by atoms with E-state index in [0.29, 0.717) is 30.7 Å². The molecule has 1 amide bonds. The van der Waals surface area contributed by atoms with Gasteiger partial charge in [0.25, 0.3) is 5.91 Å². The molecule has 0 aromatic heterocycles. The summed E-state index contributed by atoms with van der Waals surface area (Å²) in [5.41, 5.74) is 7.03. The molecule has 124 valence electrons. The molecular formula is C16H19BrN2O4. The molecule has 1 aliphatic rings. The summed E-state index contributed by atoms with van der Waals surface area (Å²) in [6.45, 7) is 0.467. The molecule has 1 aromatic carbocycles. The number of rotatable bonds is 7. The van der Waals surface area contributed by atoms with E-state index in [9.17, 15) is 4.79 Å². The van der Waals surface area contributed by atoms with Crippen LogP contribution in [0.1, 0.15) is 23.2 Å². The van der Waals surface area contributed by atoms with E-state index in [1.54, 1.807) is 18.2 Å². The molecule has 0 spiro atoms. The highest BCUT2D eigenvalue weighted by Crippen LogP contribution is 2.23. The van der Waals surface area contributed by atoms with Crippen LogP contribution in [0.4, 0.5) is 0 Å². The van der Waals surface area contributed by atoms with E-state index in [1.807, 2.05) is 6.07 Å². The SMILES string of the molecule is COc1ccc(Br)cc1C(=O)N[C@H](CCN)CC1=COOC=C1. The molecule has 0 aliphatic carbocycles. The highest BCUT2D eigenvalue weighted by atomic mass is 79.9. The summed E-state index contributed by atoms with van der Waals surface area (Å²) in [5, 5.41) is 2.99. The van der Waals surface area contributed by atoms with Crippen LogP contribution in [0, 0.1) is 0 Å². The first-order chi connectivity index (χ1) is 11.1. The third-order valence-electron chi connectivity index (χ3n) is 3.33. The van der Waals surface area contributed by atoms with Crippen LogP contribution < -0.4 is 15.8 Å². The Kier molecular flexibility index (Phi) is 6.49. The van der Waals surface area contributed by atoms with Gasteiger partial charge >= 0.3 is 0 Å². The molecule has 1 atom stereocenters. The molecule has 0 bridgehead atoms. The van der Waals surface area contributed by atoms with Gasteiger partial charge in [0.05, 0.1) is 12.7 Å². The molecule has 0 saturated carbocycles. The smallest absolute Gasteiger partial charge is 0.255 e. The van der Waals surface area contributed by atoms with Crippen LogP contribution >= 0.6 is 15.9 Å². The van der Waals surface area contributed by atoms with Gasteiger partial charge in [-0.05, 0) is 49.2 Å². The summed E-state index contributed by atoms with van der Waals surface area (Å²) >= 11 is 3.37. The lowest BCUT2D eigenvalue weighted by atomic mass is 10.0. The molecule has 7 heteroatoms. The van der Waals surface area contributed by atoms with E-state index < -0.39 is 0 Å². The van der Waals surface area contributed by atoms with Gasteiger partial charge < -0.3 is 15.8 Å². The minimum absolute atomic E-state index is 0.117. The van der Waals surface area contributed by atoms with Crippen molar-refractivity contribution in [2.45, 2.75) is 18.9 Å². The fraction of sp³-hybridized carbons (Fsp3) is 0.312. The first-order valence-electron chi connectivity index (χ1n) is 7.16. The van der Waals surface area contributed by atoms with E-state index >= 15 is 0 Å². The van der Waals surface area contributed by atoms with Crippen molar-refractivity contribution in [2.75, 3.05) is 13.7 Å². The fourth-order valence-corrected chi connectivity index (χ4v) is 2.59. The first kappa shape index (κ1) is 17.4. The quantitative estimate of drug-likeness (QED) is 0.708. The monoisotopic (exact) mass is 382 g/mol. The summed E-state index contributed by atoms with van der Waals surface area (Å²) < 4.78 is 6.06. The maximum absolute atomic E-state index is 12.6. The number of amides is 1.